The van der Waals surface area contributed by atoms with Gasteiger partial charge in [-0.3, -0.25) is 0 Å². The molecule has 1 fully saturated rings. The Morgan fingerprint density at radius 2 is 2.06 bits per heavy atom. The Morgan fingerprint density at radius 3 is 2.78 bits per heavy atom. The van der Waals surface area contributed by atoms with Gasteiger partial charge in [0, 0.05) is 12.1 Å². The fraction of sp³-hybridized carbons (Fsp3) is 0.600. The second kappa shape index (κ2) is 7.05. The minimum atomic E-state index is 0.509. The molecule has 0 aromatic heterocycles. The molecule has 1 aliphatic heterocycles. The summed E-state index contributed by atoms with van der Waals surface area (Å²) in [5, 5.41) is 3.75. The summed E-state index contributed by atoms with van der Waals surface area (Å²) in [6.07, 6.45) is 3.65. The van der Waals surface area contributed by atoms with E-state index in [-0.39, 0.29) is 0 Å². The van der Waals surface area contributed by atoms with Gasteiger partial charge in [0.15, 0.2) is 0 Å². The molecule has 0 bridgehead atoms. The Hall–Kier alpha value is -0.670. The average Bonchev–Trinajstić information content (AvgIpc) is 2.40. The van der Waals surface area contributed by atoms with Crippen molar-refractivity contribution in [1.82, 2.24) is 5.32 Å². The van der Waals surface area contributed by atoms with Crippen LogP contribution in [0, 0.1) is 0 Å². The van der Waals surface area contributed by atoms with E-state index in [1.54, 1.807) is 7.11 Å². The van der Waals surface area contributed by atoms with Crippen LogP contribution in [-0.4, -0.2) is 30.7 Å². The fourth-order valence-electron chi connectivity index (χ4n) is 2.53. The van der Waals surface area contributed by atoms with Gasteiger partial charge in [-0.25, -0.2) is 0 Å². The fourth-order valence-corrected chi connectivity index (χ4v) is 3.63. The highest BCUT2D eigenvalue weighted by atomic mass is 32.2. The average molecular weight is 265 g/mol. The van der Waals surface area contributed by atoms with Crippen LogP contribution in [0.1, 0.15) is 25.3 Å². The molecule has 1 N–H and O–H groups in total. The summed E-state index contributed by atoms with van der Waals surface area (Å²) in [5.74, 6) is 3.61. The number of hydrogen-bond acceptors (Lipinski definition) is 3. The molecule has 0 aliphatic carbocycles. The van der Waals surface area contributed by atoms with Crippen molar-refractivity contribution >= 4 is 11.8 Å². The van der Waals surface area contributed by atoms with Crippen LogP contribution in [0.15, 0.2) is 24.3 Å². The maximum absolute atomic E-state index is 5.41. The number of methoxy groups -OCH3 is 1. The Balaban J connectivity index is 1.87. The van der Waals surface area contributed by atoms with Crippen molar-refractivity contribution in [3.63, 3.8) is 0 Å². The third-order valence-electron chi connectivity index (χ3n) is 3.46. The molecule has 1 atom stereocenters. The molecule has 2 nitrogen and oxygen atoms in total. The second-order valence-electron chi connectivity index (χ2n) is 4.97. The first kappa shape index (κ1) is 13.8. The molecule has 0 radical (unpaired) electrons. The highest BCUT2D eigenvalue weighted by molar-refractivity contribution is 7.99. The van der Waals surface area contributed by atoms with E-state index in [9.17, 15) is 0 Å². The smallest absolute Gasteiger partial charge is 0.122 e. The summed E-state index contributed by atoms with van der Waals surface area (Å²) in [6.45, 7) is 2.27. The van der Waals surface area contributed by atoms with E-state index >= 15 is 0 Å². The van der Waals surface area contributed by atoms with Crippen molar-refractivity contribution in [3.05, 3.63) is 29.8 Å². The quantitative estimate of drug-likeness (QED) is 0.884. The zero-order chi connectivity index (χ0) is 12.8. The monoisotopic (exact) mass is 265 g/mol. The van der Waals surface area contributed by atoms with Gasteiger partial charge in [-0.2, -0.15) is 11.8 Å². The molecule has 1 aliphatic rings. The minimum absolute atomic E-state index is 0.509. The lowest BCUT2D eigenvalue weighted by Gasteiger charge is -2.26. The van der Waals surface area contributed by atoms with Crippen LogP contribution in [0.25, 0.3) is 0 Å². The first-order valence-corrected chi connectivity index (χ1v) is 7.90. The molecule has 1 unspecified atom stereocenters. The van der Waals surface area contributed by atoms with Gasteiger partial charge in [-0.05, 0) is 49.3 Å². The van der Waals surface area contributed by atoms with Crippen LogP contribution >= 0.6 is 11.8 Å². The SMILES string of the molecule is COc1ccccc1CC(C)NC1CCSCC1. The third kappa shape index (κ3) is 3.92. The number of ether oxygens (including phenoxy) is 1. The minimum Gasteiger partial charge on any atom is -0.496 e. The Kier molecular flexibility index (Phi) is 5.39. The summed E-state index contributed by atoms with van der Waals surface area (Å²) in [5.41, 5.74) is 1.30. The molecule has 3 heteroatoms. The van der Waals surface area contributed by atoms with Crippen LogP contribution in [0.3, 0.4) is 0 Å². The number of thioether (sulfide) groups is 1. The lowest BCUT2D eigenvalue weighted by molar-refractivity contribution is 0.395. The topological polar surface area (TPSA) is 21.3 Å². The predicted molar refractivity (Wildman–Crippen MR) is 79.6 cm³/mol. The molecule has 1 heterocycles. The second-order valence-corrected chi connectivity index (χ2v) is 6.20. The van der Waals surface area contributed by atoms with Gasteiger partial charge >= 0.3 is 0 Å². The standard InChI is InChI=1S/C15H23NOS/c1-12(16-14-7-9-18-10-8-14)11-13-5-3-4-6-15(13)17-2/h3-6,12,14,16H,7-11H2,1-2H3. The number of nitrogens with one attached hydrogen (secondary N) is 1. The maximum Gasteiger partial charge on any atom is 0.122 e. The Morgan fingerprint density at radius 1 is 1.33 bits per heavy atom. The molecule has 0 saturated carbocycles. The van der Waals surface area contributed by atoms with Crippen LogP contribution < -0.4 is 10.1 Å². The van der Waals surface area contributed by atoms with Crippen molar-refractivity contribution in [1.29, 1.82) is 0 Å². The van der Waals surface area contributed by atoms with E-state index in [4.69, 9.17) is 4.74 Å². The lowest BCUT2D eigenvalue weighted by atomic mass is 10.0. The van der Waals surface area contributed by atoms with E-state index in [0.717, 1.165) is 12.2 Å². The number of rotatable bonds is 5. The molecule has 2 rings (SSSR count). The third-order valence-corrected chi connectivity index (χ3v) is 4.51. The molecule has 100 valence electrons. The molecule has 1 aromatic carbocycles. The first-order chi connectivity index (χ1) is 8.79. The zero-order valence-corrected chi connectivity index (χ0v) is 12.1. The van der Waals surface area contributed by atoms with Gasteiger partial charge in [0.05, 0.1) is 7.11 Å². The lowest BCUT2D eigenvalue weighted by Crippen LogP contribution is -2.39. The van der Waals surface area contributed by atoms with Crippen LogP contribution in [0.2, 0.25) is 0 Å². The van der Waals surface area contributed by atoms with Gasteiger partial charge < -0.3 is 10.1 Å². The molecular weight excluding hydrogens is 242 g/mol. The zero-order valence-electron chi connectivity index (χ0n) is 11.3. The van der Waals surface area contributed by atoms with E-state index in [1.165, 1.54) is 29.9 Å². The molecule has 0 spiro atoms. The van der Waals surface area contributed by atoms with Crippen molar-refractivity contribution in [2.24, 2.45) is 0 Å². The summed E-state index contributed by atoms with van der Waals surface area (Å²) in [4.78, 5) is 0. The van der Waals surface area contributed by atoms with Crippen LogP contribution in [0.4, 0.5) is 0 Å². The molecule has 0 amide bonds. The van der Waals surface area contributed by atoms with Gasteiger partial charge in [0.2, 0.25) is 0 Å². The van der Waals surface area contributed by atoms with Gasteiger partial charge in [-0.15, -0.1) is 0 Å². The van der Waals surface area contributed by atoms with Gasteiger partial charge in [-0.1, -0.05) is 18.2 Å². The van der Waals surface area contributed by atoms with E-state index < -0.39 is 0 Å². The van der Waals surface area contributed by atoms with Crippen molar-refractivity contribution in [2.45, 2.75) is 38.3 Å². The maximum atomic E-state index is 5.41. The normalized spacial score (nSPS) is 18.6. The molecule has 18 heavy (non-hydrogen) atoms. The van der Waals surface area contributed by atoms with Crippen molar-refractivity contribution < 1.29 is 4.74 Å². The van der Waals surface area contributed by atoms with Gasteiger partial charge in [0.25, 0.3) is 0 Å². The highest BCUT2D eigenvalue weighted by Crippen LogP contribution is 2.21. The molecule has 1 aromatic rings. The van der Waals surface area contributed by atoms with E-state index in [2.05, 4.69) is 36.1 Å². The predicted octanol–water partition coefficient (Wildman–Crippen LogP) is 3.11. The van der Waals surface area contributed by atoms with Crippen molar-refractivity contribution in [3.8, 4) is 5.75 Å². The molecular formula is C15H23NOS. The number of para-hydroxylation sites is 1. The summed E-state index contributed by atoms with van der Waals surface area (Å²) in [6, 6.07) is 9.53. The summed E-state index contributed by atoms with van der Waals surface area (Å²) in [7, 11) is 1.75. The highest BCUT2D eigenvalue weighted by Gasteiger charge is 2.16. The van der Waals surface area contributed by atoms with Crippen LogP contribution in [0.5, 0.6) is 5.75 Å². The van der Waals surface area contributed by atoms with Crippen LogP contribution in [-0.2, 0) is 6.42 Å². The Bertz CT molecular complexity index is 363. The molecule has 1 saturated heterocycles. The summed E-state index contributed by atoms with van der Waals surface area (Å²) < 4.78 is 5.41. The van der Waals surface area contributed by atoms with E-state index in [0.29, 0.717) is 12.1 Å². The summed E-state index contributed by atoms with van der Waals surface area (Å²) >= 11 is 2.08. The van der Waals surface area contributed by atoms with E-state index in [1.807, 2.05) is 12.1 Å². The number of benzene rings is 1. The van der Waals surface area contributed by atoms with Crippen molar-refractivity contribution in [2.75, 3.05) is 18.6 Å². The first-order valence-electron chi connectivity index (χ1n) is 6.75. The largest absolute Gasteiger partial charge is 0.496 e. The Labute approximate surface area is 114 Å². The van der Waals surface area contributed by atoms with Gasteiger partial charge in [0.1, 0.15) is 5.75 Å². The number of hydrogen-bond donors (Lipinski definition) is 1.